The predicted molar refractivity (Wildman–Crippen MR) is 62.3 cm³/mol. The van der Waals surface area contributed by atoms with Gasteiger partial charge in [-0.3, -0.25) is 9.78 Å². The largest absolute Gasteiger partial charge is 0.493 e. The quantitative estimate of drug-likeness (QED) is 0.706. The molecule has 1 heterocycles. The predicted octanol–water partition coefficient (Wildman–Crippen LogP) is 1.59. The standard InChI is InChI=1S/C12H17NO4/c1-4-17-11(14)6-5-9-12(16-3)10(15-2)7-8-13-9/h7-8H,4-6H2,1-3H3. The minimum atomic E-state index is -0.237. The van der Waals surface area contributed by atoms with Gasteiger partial charge in [0.25, 0.3) is 0 Å². The summed E-state index contributed by atoms with van der Waals surface area (Å²) in [4.78, 5) is 15.4. The van der Waals surface area contributed by atoms with Gasteiger partial charge in [0.15, 0.2) is 11.5 Å². The van der Waals surface area contributed by atoms with Gasteiger partial charge in [-0.25, -0.2) is 0 Å². The molecular weight excluding hydrogens is 222 g/mol. The van der Waals surface area contributed by atoms with Crippen molar-refractivity contribution in [2.24, 2.45) is 0 Å². The van der Waals surface area contributed by atoms with Gasteiger partial charge in [-0.15, -0.1) is 0 Å². The van der Waals surface area contributed by atoms with Crippen molar-refractivity contribution in [2.75, 3.05) is 20.8 Å². The van der Waals surface area contributed by atoms with Crippen molar-refractivity contribution >= 4 is 5.97 Å². The van der Waals surface area contributed by atoms with Crippen molar-refractivity contribution in [1.82, 2.24) is 4.98 Å². The molecule has 0 N–H and O–H groups in total. The maximum atomic E-state index is 11.2. The van der Waals surface area contributed by atoms with Crippen molar-refractivity contribution in [3.63, 3.8) is 0 Å². The monoisotopic (exact) mass is 239 g/mol. The zero-order valence-electron chi connectivity index (χ0n) is 10.4. The minimum absolute atomic E-state index is 0.237. The van der Waals surface area contributed by atoms with Crippen molar-refractivity contribution in [2.45, 2.75) is 19.8 Å². The van der Waals surface area contributed by atoms with Crippen LogP contribution >= 0.6 is 0 Å². The number of rotatable bonds is 6. The molecule has 0 saturated heterocycles. The Kier molecular flexibility index (Phi) is 5.26. The zero-order chi connectivity index (χ0) is 12.7. The van der Waals surface area contributed by atoms with Crippen LogP contribution in [-0.2, 0) is 16.0 Å². The Morgan fingerprint density at radius 3 is 2.71 bits per heavy atom. The lowest BCUT2D eigenvalue weighted by Crippen LogP contribution is -2.07. The van der Waals surface area contributed by atoms with Crippen LogP contribution in [-0.4, -0.2) is 31.8 Å². The number of carbonyl (C=O) groups excluding carboxylic acids is 1. The summed E-state index contributed by atoms with van der Waals surface area (Å²) in [6.07, 6.45) is 2.38. The molecule has 0 radical (unpaired) electrons. The number of nitrogens with zero attached hydrogens (tertiary/aromatic N) is 1. The minimum Gasteiger partial charge on any atom is -0.493 e. The highest BCUT2D eigenvalue weighted by atomic mass is 16.5. The van der Waals surface area contributed by atoms with E-state index in [-0.39, 0.29) is 12.4 Å². The zero-order valence-corrected chi connectivity index (χ0v) is 10.4. The second kappa shape index (κ2) is 6.73. The van der Waals surface area contributed by atoms with E-state index in [2.05, 4.69) is 4.98 Å². The van der Waals surface area contributed by atoms with Crippen LogP contribution in [0.2, 0.25) is 0 Å². The molecule has 0 atom stereocenters. The topological polar surface area (TPSA) is 57.7 Å². The first-order valence-electron chi connectivity index (χ1n) is 5.44. The van der Waals surface area contributed by atoms with Crippen LogP contribution in [0.5, 0.6) is 11.5 Å². The molecule has 0 amide bonds. The van der Waals surface area contributed by atoms with Crippen LogP contribution < -0.4 is 9.47 Å². The normalized spacial score (nSPS) is 9.82. The highest BCUT2D eigenvalue weighted by Gasteiger charge is 2.12. The molecule has 0 aliphatic carbocycles. The van der Waals surface area contributed by atoms with E-state index in [9.17, 15) is 4.79 Å². The summed E-state index contributed by atoms with van der Waals surface area (Å²) in [6, 6.07) is 1.71. The molecular formula is C12H17NO4. The number of aromatic nitrogens is 1. The maximum Gasteiger partial charge on any atom is 0.306 e. The Morgan fingerprint density at radius 2 is 2.12 bits per heavy atom. The Balaban J connectivity index is 2.73. The number of hydrogen-bond acceptors (Lipinski definition) is 5. The van der Waals surface area contributed by atoms with Gasteiger partial charge in [-0.1, -0.05) is 0 Å². The number of hydrogen-bond donors (Lipinski definition) is 0. The van der Waals surface area contributed by atoms with Crippen LogP contribution in [0.15, 0.2) is 12.3 Å². The maximum absolute atomic E-state index is 11.2. The fourth-order valence-electron chi connectivity index (χ4n) is 1.48. The third kappa shape index (κ3) is 3.62. The second-order valence-electron chi connectivity index (χ2n) is 3.30. The van der Waals surface area contributed by atoms with Gasteiger partial charge in [0.05, 0.1) is 32.9 Å². The summed E-state index contributed by atoms with van der Waals surface area (Å²) >= 11 is 0. The van der Waals surface area contributed by atoms with Crippen LogP contribution in [0.1, 0.15) is 19.0 Å². The first kappa shape index (κ1) is 13.3. The van der Waals surface area contributed by atoms with E-state index in [1.54, 1.807) is 33.4 Å². The molecule has 0 aliphatic heterocycles. The molecule has 17 heavy (non-hydrogen) atoms. The van der Waals surface area contributed by atoms with Gasteiger partial charge in [0, 0.05) is 18.7 Å². The average Bonchev–Trinajstić information content (AvgIpc) is 2.36. The van der Waals surface area contributed by atoms with Crippen molar-refractivity contribution in [3.8, 4) is 11.5 Å². The summed E-state index contributed by atoms with van der Waals surface area (Å²) in [5, 5.41) is 0. The molecule has 0 unspecified atom stereocenters. The van der Waals surface area contributed by atoms with Gasteiger partial charge < -0.3 is 14.2 Å². The van der Waals surface area contributed by atoms with E-state index in [1.165, 1.54) is 0 Å². The van der Waals surface area contributed by atoms with Crippen LogP contribution in [0.3, 0.4) is 0 Å². The summed E-state index contributed by atoms with van der Waals surface area (Å²) < 4.78 is 15.2. The van der Waals surface area contributed by atoms with Crippen molar-refractivity contribution in [1.29, 1.82) is 0 Å². The molecule has 1 aromatic heterocycles. The lowest BCUT2D eigenvalue weighted by atomic mass is 10.2. The first-order valence-corrected chi connectivity index (χ1v) is 5.44. The first-order chi connectivity index (χ1) is 8.22. The smallest absolute Gasteiger partial charge is 0.306 e. The fourth-order valence-corrected chi connectivity index (χ4v) is 1.48. The SMILES string of the molecule is CCOC(=O)CCc1nccc(OC)c1OC. The van der Waals surface area contributed by atoms with Crippen molar-refractivity contribution in [3.05, 3.63) is 18.0 Å². The van der Waals surface area contributed by atoms with E-state index in [0.717, 1.165) is 0 Å². The number of pyridine rings is 1. The van der Waals surface area contributed by atoms with Gasteiger partial charge in [-0.05, 0) is 6.92 Å². The Morgan fingerprint density at radius 1 is 1.35 bits per heavy atom. The summed E-state index contributed by atoms with van der Waals surface area (Å²) in [5.41, 5.74) is 0.694. The van der Waals surface area contributed by atoms with Crippen LogP contribution in [0, 0.1) is 0 Å². The average molecular weight is 239 g/mol. The molecule has 94 valence electrons. The van der Waals surface area contributed by atoms with E-state index < -0.39 is 0 Å². The lowest BCUT2D eigenvalue weighted by Gasteiger charge is -2.11. The summed E-state index contributed by atoms with van der Waals surface area (Å²) in [6.45, 7) is 2.17. The molecule has 0 fully saturated rings. The van der Waals surface area contributed by atoms with E-state index >= 15 is 0 Å². The third-order valence-corrected chi connectivity index (χ3v) is 2.24. The third-order valence-electron chi connectivity index (χ3n) is 2.24. The van der Waals surface area contributed by atoms with Crippen molar-refractivity contribution < 1.29 is 19.0 Å². The van der Waals surface area contributed by atoms with E-state index in [1.807, 2.05) is 0 Å². The molecule has 1 aromatic rings. The van der Waals surface area contributed by atoms with Crippen LogP contribution in [0.4, 0.5) is 0 Å². The second-order valence-corrected chi connectivity index (χ2v) is 3.30. The lowest BCUT2D eigenvalue weighted by molar-refractivity contribution is -0.143. The number of ether oxygens (including phenoxy) is 3. The number of methoxy groups -OCH3 is 2. The van der Waals surface area contributed by atoms with Crippen LogP contribution in [0.25, 0.3) is 0 Å². The molecule has 0 aliphatic rings. The highest BCUT2D eigenvalue weighted by molar-refractivity contribution is 5.69. The molecule has 5 nitrogen and oxygen atoms in total. The fraction of sp³-hybridized carbons (Fsp3) is 0.500. The molecule has 0 saturated carbocycles. The van der Waals surface area contributed by atoms with Gasteiger partial charge >= 0.3 is 5.97 Å². The molecule has 0 spiro atoms. The molecule has 0 aromatic carbocycles. The Bertz CT molecular complexity index is 379. The molecule has 5 heteroatoms. The Labute approximate surface area is 101 Å². The Hall–Kier alpha value is -1.78. The number of aryl methyl sites for hydroxylation is 1. The van der Waals surface area contributed by atoms with Gasteiger partial charge in [0.1, 0.15) is 0 Å². The summed E-state index contributed by atoms with van der Waals surface area (Å²) in [7, 11) is 3.11. The summed E-state index contributed by atoms with van der Waals surface area (Å²) in [5.74, 6) is 0.944. The number of carbonyl (C=O) groups is 1. The molecule has 0 bridgehead atoms. The number of esters is 1. The van der Waals surface area contributed by atoms with Gasteiger partial charge in [-0.2, -0.15) is 0 Å². The van der Waals surface area contributed by atoms with E-state index in [0.29, 0.717) is 30.2 Å². The highest BCUT2D eigenvalue weighted by Crippen LogP contribution is 2.29. The van der Waals surface area contributed by atoms with Gasteiger partial charge in [0.2, 0.25) is 0 Å². The van der Waals surface area contributed by atoms with E-state index in [4.69, 9.17) is 14.2 Å². The molecule has 1 rings (SSSR count).